The second-order valence-electron chi connectivity index (χ2n) is 6.46. The zero-order valence-electron chi connectivity index (χ0n) is 14.9. The highest BCUT2D eigenvalue weighted by Gasteiger charge is 2.38. The Kier molecular flexibility index (Phi) is 5.72. The Morgan fingerprint density at radius 3 is 2.33 bits per heavy atom. The number of rotatable bonds is 6. The van der Waals surface area contributed by atoms with Gasteiger partial charge >= 0.3 is 5.91 Å². The van der Waals surface area contributed by atoms with E-state index in [-0.39, 0.29) is 17.0 Å². The molecular formula is C19H21NO7. The van der Waals surface area contributed by atoms with E-state index in [0.29, 0.717) is 5.56 Å². The number of hydrogen-bond donors (Lipinski definition) is 5. The van der Waals surface area contributed by atoms with Gasteiger partial charge in [-0.3, -0.25) is 14.8 Å². The van der Waals surface area contributed by atoms with Crippen molar-refractivity contribution < 1.29 is 35.2 Å². The summed E-state index contributed by atoms with van der Waals surface area (Å²) in [5.74, 6) is -4.59. The van der Waals surface area contributed by atoms with Crippen LogP contribution in [0.15, 0.2) is 36.4 Å². The molecule has 0 saturated heterocycles. The van der Waals surface area contributed by atoms with Crippen LogP contribution in [-0.2, 0) is 21.6 Å². The lowest BCUT2D eigenvalue weighted by molar-refractivity contribution is -0.167. The highest BCUT2D eigenvalue weighted by Crippen LogP contribution is 2.44. The summed E-state index contributed by atoms with van der Waals surface area (Å²) in [6.07, 6.45) is -0.928. The number of aliphatic hydroxyl groups is 1. The Hall–Kier alpha value is -3.10. The van der Waals surface area contributed by atoms with Crippen LogP contribution >= 0.6 is 0 Å². The summed E-state index contributed by atoms with van der Waals surface area (Å²) in [7, 11) is 0.976. The average Bonchev–Trinajstić information content (AvgIpc) is 2.58. The zero-order valence-corrected chi connectivity index (χ0v) is 14.9. The number of carbonyl (C=O) groups excluding carboxylic acids is 2. The lowest BCUT2D eigenvalue weighted by Crippen LogP contribution is -2.38. The number of hydroxylamine groups is 2. The first-order chi connectivity index (χ1) is 12.5. The van der Waals surface area contributed by atoms with E-state index in [1.54, 1.807) is 18.2 Å². The highest BCUT2D eigenvalue weighted by molar-refractivity contribution is 6.35. The van der Waals surface area contributed by atoms with E-state index in [1.807, 2.05) is 13.0 Å². The van der Waals surface area contributed by atoms with Crippen molar-refractivity contribution in [2.24, 2.45) is 0 Å². The number of likely N-dealkylation sites (N-methyl/N-ethyl adjacent to an activating group) is 1. The molecule has 8 heteroatoms. The molecule has 0 aliphatic heterocycles. The topological polar surface area (TPSA) is 139 Å². The minimum absolute atomic E-state index is 0.101. The van der Waals surface area contributed by atoms with Gasteiger partial charge in [-0.05, 0) is 24.6 Å². The van der Waals surface area contributed by atoms with Crippen LogP contribution in [0.5, 0.6) is 17.2 Å². The number of carbonyl (C=O) groups is 2. The first-order valence-corrected chi connectivity index (χ1v) is 8.07. The Labute approximate surface area is 155 Å². The van der Waals surface area contributed by atoms with E-state index < -0.39 is 41.0 Å². The Morgan fingerprint density at radius 2 is 1.74 bits per heavy atom. The summed E-state index contributed by atoms with van der Waals surface area (Å²) in [6.45, 7) is 1.84. The second-order valence-corrected chi connectivity index (χ2v) is 6.46. The van der Waals surface area contributed by atoms with Gasteiger partial charge in [0, 0.05) is 25.5 Å². The number of nitrogens with zero attached hydrogens (tertiary/aromatic N) is 1. The third kappa shape index (κ3) is 4.36. The molecule has 1 amide bonds. The Balaban J connectivity index is 2.52. The van der Waals surface area contributed by atoms with E-state index in [1.165, 1.54) is 0 Å². The summed E-state index contributed by atoms with van der Waals surface area (Å²) in [5, 5.41) is 49.9. The Morgan fingerprint density at radius 1 is 1.07 bits per heavy atom. The number of benzene rings is 2. The molecule has 0 bridgehead atoms. The molecule has 0 aliphatic rings. The summed E-state index contributed by atoms with van der Waals surface area (Å²) in [6, 6.07) is 9.23. The van der Waals surface area contributed by atoms with E-state index in [4.69, 9.17) is 0 Å². The third-order valence-electron chi connectivity index (χ3n) is 4.20. The maximum absolute atomic E-state index is 12.2. The van der Waals surface area contributed by atoms with Crippen LogP contribution in [0.2, 0.25) is 0 Å². The lowest BCUT2D eigenvalue weighted by atomic mass is 9.82. The summed E-state index contributed by atoms with van der Waals surface area (Å²) in [5.41, 5.74) is -0.806. The fourth-order valence-corrected chi connectivity index (χ4v) is 2.88. The van der Waals surface area contributed by atoms with Crippen LogP contribution in [0.25, 0.3) is 0 Å². The number of aromatic hydroxyl groups is 3. The number of amides is 1. The van der Waals surface area contributed by atoms with E-state index in [9.17, 15) is 35.2 Å². The van der Waals surface area contributed by atoms with Crippen molar-refractivity contribution in [3.05, 3.63) is 53.1 Å². The molecule has 8 nitrogen and oxygen atoms in total. The van der Waals surface area contributed by atoms with Crippen molar-refractivity contribution in [2.45, 2.75) is 25.4 Å². The predicted molar refractivity (Wildman–Crippen MR) is 94.4 cm³/mol. The second kappa shape index (κ2) is 7.65. The quantitative estimate of drug-likeness (QED) is 0.222. The number of aryl methyl sites for hydroxylation is 1. The van der Waals surface area contributed by atoms with Crippen LogP contribution in [0.1, 0.15) is 23.1 Å². The van der Waals surface area contributed by atoms with Crippen molar-refractivity contribution >= 4 is 11.7 Å². The molecule has 2 aromatic carbocycles. The summed E-state index contributed by atoms with van der Waals surface area (Å²) in [4.78, 5) is 23.9. The first-order valence-electron chi connectivity index (χ1n) is 8.07. The van der Waals surface area contributed by atoms with E-state index in [0.717, 1.165) is 24.7 Å². The van der Waals surface area contributed by atoms with Crippen molar-refractivity contribution in [2.75, 3.05) is 7.05 Å². The molecule has 0 radical (unpaired) electrons. The summed E-state index contributed by atoms with van der Waals surface area (Å²) < 4.78 is 0. The van der Waals surface area contributed by atoms with Gasteiger partial charge in [0.05, 0.1) is 0 Å². The molecule has 2 aromatic rings. The largest absolute Gasteiger partial charge is 0.504 e. The molecule has 27 heavy (non-hydrogen) atoms. The van der Waals surface area contributed by atoms with Gasteiger partial charge in [0.1, 0.15) is 5.60 Å². The zero-order chi connectivity index (χ0) is 20.4. The molecule has 0 aromatic heterocycles. The molecule has 0 saturated carbocycles. The van der Waals surface area contributed by atoms with Crippen molar-refractivity contribution in [1.29, 1.82) is 0 Å². The molecular weight excluding hydrogens is 354 g/mol. The minimum atomic E-state index is -2.08. The van der Waals surface area contributed by atoms with Crippen LogP contribution in [0, 0.1) is 6.92 Å². The van der Waals surface area contributed by atoms with Gasteiger partial charge in [-0.25, -0.2) is 5.06 Å². The fourth-order valence-electron chi connectivity index (χ4n) is 2.88. The maximum Gasteiger partial charge on any atom is 0.313 e. The molecule has 144 valence electrons. The lowest BCUT2D eigenvalue weighted by Gasteiger charge is -2.29. The first kappa shape index (κ1) is 20.2. The monoisotopic (exact) mass is 375 g/mol. The highest BCUT2D eigenvalue weighted by atomic mass is 16.5. The number of phenols is 3. The van der Waals surface area contributed by atoms with Crippen LogP contribution in [0.4, 0.5) is 0 Å². The van der Waals surface area contributed by atoms with Crippen molar-refractivity contribution in [3.63, 3.8) is 0 Å². The standard InChI is InChI=1S/C19H21NO7/c1-11-4-3-5-12(8-11)9-19(26,10-15(22)18(25)20(2)27)13-6-7-14(21)17(24)16(13)23/h3-8,21,23-24,26-27H,9-10H2,1-2H3. The van der Waals surface area contributed by atoms with Crippen LogP contribution < -0.4 is 0 Å². The van der Waals surface area contributed by atoms with E-state index in [2.05, 4.69) is 0 Å². The van der Waals surface area contributed by atoms with Gasteiger partial charge in [-0.2, -0.15) is 0 Å². The molecule has 0 aliphatic carbocycles. The number of Topliss-reactive ketones (excluding diaryl/α,β-unsaturated/α-hetero) is 1. The van der Waals surface area contributed by atoms with E-state index >= 15 is 0 Å². The third-order valence-corrected chi connectivity index (χ3v) is 4.20. The molecule has 2 rings (SSSR count). The Bertz CT molecular complexity index is 878. The van der Waals surface area contributed by atoms with Crippen molar-refractivity contribution in [1.82, 2.24) is 5.06 Å². The summed E-state index contributed by atoms with van der Waals surface area (Å²) >= 11 is 0. The maximum atomic E-state index is 12.2. The SMILES string of the molecule is Cc1cccc(CC(O)(CC(=O)C(=O)N(C)O)c2ccc(O)c(O)c2O)c1. The normalized spacial score (nSPS) is 13.0. The van der Waals surface area contributed by atoms with Gasteiger partial charge in [-0.1, -0.05) is 29.8 Å². The van der Waals surface area contributed by atoms with Crippen molar-refractivity contribution in [3.8, 4) is 17.2 Å². The number of phenolic OH excluding ortho intramolecular Hbond substituents is 3. The predicted octanol–water partition coefficient (Wildman–Crippen LogP) is 1.35. The molecule has 0 spiro atoms. The number of ketones is 1. The smallest absolute Gasteiger partial charge is 0.313 e. The van der Waals surface area contributed by atoms with Crippen LogP contribution in [0.3, 0.4) is 0 Å². The van der Waals surface area contributed by atoms with Crippen LogP contribution in [-0.4, -0.2) is 49.4 Å². The van der Waals surface area contributed by atoms with Gasteiger partial charge in [0.25, 0.3) is 0 Å². The average molecular weight is 375 g/mol. The van der Waals surface area contributed by atoms with Gasteiger partial charge in [-0.15, -0.1) is 0 Å². The molecule has 1 atom stereocenters. The van der Waals surface area contributed by atoms with Gasteiger partial charge in [0.15, 0.2) is 11.5 Å². The molecule has 0 fully saturated rings. The molecule has 5 N–H and O–H groups in total. The minimum Gasteiger partial charge on any atom is -0.504 e. The van der Waals surface area contributed by atoms with Gasteiger partial charge in [0.2, 0.25) is 11.5 Å². The van der Waals surface area contributed by atoms with Gasteiger partial charge < -0.3 is 20.4 Å². The fraction of sp³-hybridized carbons (Fsp3) is 0.263. The number of hydrogen-bond acceptors (Lipinski definition) is 7. The molecule has 1 unspecified atom stereocenters. The molecule has 0 heterocycles.